The number of carbonyl (C=O) groups is 1. The third-order valence-corrected chi connectivity index (χ3v) is 6.03. The Morgan fingerprint density at radius 2 is 1.97 bits per heavy atom. The van der Waals surface area contributed by atoms with Crippen LogP contribution >= 0.6 is 0 Å². The van der Waals surface area contributed by atoms with Crippen LogP contribution in [0.3, 0.4) is 0 Å². The Morgan fingerprint density at radius 3 is 2.73 bits per heavy atom. The molecule has 4 aliphatic rings. The molecule has 1 amide bonds. The van der Waals surface area contributed by atoms with E-state index < -0.39 is 0 Å². The van der Waals surface area contributed by atoms with E-state index in [1.165, 1.54) is 12.1 Å². The van der Waals surface area contributed by atoms with E-state index in [4.69, 9.17) is 14.6 Å². The summed E-state index contributed by atoms with van der Waals surface area (Å²) in [5.41, 5.74) is 1.53. The van der Waals surface area contributed by atoms with Crippen LogP contribution in [-0.4, -0.2) is 66.8 Å². The lowest BCUT2D eigenvalue weighted by Crippen LogP contribution is -2.57. The summed E-state index contributed by atoms with van der Waals surface area (Å²) in [6.45, 7) is 4.11. The second-order valence-electron chi connectivity index (χ2n) is 8.19. The minimum atomic E-state index is -0.242. The minimum Gasteiger partial charge on any atom is -0.381 e. The first-order valence-electron chi connectivity index (χ1n) is 10.5. The van der Waals surface area contributed by atoms with Crippen molar-refractivity contribution in [3.8, 4) is 0 Å². The van der Waals surface area contributed by atoms with Crippen LogP contribution in [0.4, 0.5) is 4.39 Å². The highest BCUT2D eigenvalue weighted by atomic mass is 19.1. The van der Waals surface area contributed by atoms with Gasteiger partial charge in [-0.2, -0.15) is 5.10 Å². The molecular formula is C21H26FN5O3. The number of rotatable bonds is 6. The van der Waals surface area contributed by atoms with Crippen molar-refractivity contribution in [1.29, 1.82) is 0 Å². The van der Waals surface area contributed by atoms with Crippen LogP contribution in [-0.2, 0) is 20.9 Å². The lowest BCUT2D eigenvalue weighted by Gasteiger charge is -2.40. The van der Waals surface area contributed by atoms with Gasteiger partial charge in [0.2, 0.25) is 0 Å². The normalized spacial score (nSPS) is 25.2. The first-order valence-corrected chi connectivity index (χ1v) is 10.5. The molecule has 2 N–H and O–H groups in total. The first-order chi connectivity index (χ1) is 14.7. The van der Waals surface area contributed by atoms with Gasteiger partial charge in [-0.15, -0.1) is 0 Å². The van der Waals surface area contributed by atoms with Gasteiger partial charge in [-0.05, 0) is 30.5 Å². The number of hydrogen-bond acceptors (Lipinski definition) is 7. The van der Waals surface area contributed by atoms with Gasteiger partial charge in [0.15, 0.2) is 0 Å². The third kappa shape index (κ3) is 4.05. The van der Waals surface area contributed by atoms with E-state index in [9.17, 15) is 9.18 Å². The smallest absolute Gasteiger partial charge is 0.276 e. The maximum atomic E-state index is 13.0. The number of ether oxygens (including phenoxy) is 2. The molecule has 1 unspecified atom stereocenters. The van der Waals surface area contributed by atoms with Gasteiger partial charge in [-0.1, -0.05) is 12.1 Å². The molecule has 5 rings (SSSR count). The predicted molar refractivity (Wildman–Crippen MR) is 107 cm³/mol. The van der Waals surface area contributed by atoms with Gasteiger partial charge >= 0.3 is 0 Å². The van der Waals surface area contributed by atoms with Crippen LogP contribution in [0.25, 0.3) is 0 Å². The zero-order valence-electron chi connectivity index (χ0n) is 16.7. The zero-order chi connectivity index (χ0) is 20.5. The van der Waals surface area contributed by atoms with Crippen LogP contribution < -0.4 is 10.6 Å². The maximum absolute atomic E-state index is 13.0. The van der Waals surface area contributed by atoms with Gasteiger partial charge in [0.05, 0.1) is 19.3 Å². The minimum absolute atomic E-state index is 0.00753. The van der Waals surface area contributed by atoms with E-state index in [2.05, 4.69) is 15.5 Å². The summed E-state index contributed by atoms with van der Waals surface area (Å²) in [7, 11) is 0. The van der Waals surface area contributed by atoms with Crippen molar-refractivity contribution >= 4 is 11.7 Å². The van der Waals surface area contributed by atoms with Crippen LogP contribution in [0, 0.1) is 11.7 Å². The molecule has 1 aromatic carbocycles. The number of amides is 1. The summed E-state index contributed by atoms with van der Waals surface area (Å²) in [5, 5.41) is 12.8. The molecule has 1 atom stereocenters. The average Bonchev–Trinajstić information content (AvgIpc) is 3.16. The summed E-state index contributed by atoms with van der Waals surface area (Å²) in [4.78, 5) is 14.7. The largest absolute Gasteiger partial charge is 0.381 e. The van der Waals surface area contributed by atoms with Crippen molar-refractivity contribution in [2.24, 2.45) is 11.0 Å². The lowest BCUT2D eigenvalue weighted by atomic mass is 9.96. The summed E-state index contributed by atoms with van der Waals surface area (Å²) in [5.74, 6) is 0.701. The summed E-state index contributed by atoms with van der Waals surface area (Å²) in [6.07, 6.45) is 3.82. The second kappa shape index (κ2) is 8.33. The summed E-state index contributed by atoms with van der Waals surface area (Å²) in [6, 6.07) is 6.36. The van der Waals surface area contributed by atoms with E-state index >= 15 is 0 Å². The predicted octanol–water partition coefficient (Wildman–Crippen LogP) is 0.969. The molecule has 9 heteroatoms. The van der Waals surface area contributed by atoms with Crippen LogP contribution in [0.15, 0.2) is 41.3 Å². The summed E-state index contributed by atoms with van der Waals surface area (Å²) >= 11 is 0. The van der Waals surface area contributed by atoms with Gasteiger partial charge in [-0.25, -0.2) is 9.40 Å². The van der Waals surface area contributed by atoms with Gasteiger partial charge in [0, 0.05) is 38.4 Å². The Hall–Kier alpha value is -2.49. The van der Waals surface area contributed by atoms with E-state index in [1.807, 2.05) is 5.01 Å². The Labute approximate surface area is 174 Å². The van der Waals surface area contributed by atoms with Gasteiger partial charge < -0.3 is 20.1 Å². The molecule has 1 aromatic rings. The van der Waals surface area contributed by atoms with Crippen molar-refractivity contribution in [2.45, 2.75) is 31.7 Å². The number of nitrogens with zero attached hydrogens (tertiary/aromatic N) is 3. The van der Waals surface area contributed by atoms with Crippen molar-refractivity contribution < 1.29 is 18.7 Å². The van der Waals surface area contributed by atoms with Gasteiger partial charge in [0.25, 0.3) is 5.91 Å². The molecule has 0 aromatic heterocycles. The van der Waals surface area contributed by atoms with Crippen LogP contribution in [0.1, 0.15) is 18.4 Å². The van der Waals surface area contributed by atoms with Crippen molar-refractivity contribution in [3.05, 3.63) is 47.5 Å². The van der Waals surface area contributed by atoms with E-state index in [0.717, 1.165) is 44.7 Å². The number of hydrazone groups is 1. The summed E-state index contributed by atoms with van der Waals surface area (Å²) < 4.78 is 24.3. The molecule has 2 fully saturated rings. The molecule has 0 spiro atoms. The monoisotopic (exact) mass is 415 g/mol. The highest BCUT2D eigenvalue weighted by Crippen LogP contribution is 2.29. The number of likely N-dealkylation sites (tertiary alicyclic amines) is 1. The fourth-order valence-electron chi connectivity index (χ4n) is 4.29. The molecule has 8 nitrogen and oxygen atoms in total. The fraction of sp³-hybridized carbons (Fsp3) is 0.524. The molecule has 4 heterocycles. The van der Waals surface area contributed by atoms with E-state index in [1.54, 1.807) is 18.3 Å². The Morgan fingerprint density at radius 1 is 1.20 bits per heavy atom. The molecular weight excluding hydrogens is 389 g/mol. The SMILES string of the molecule is O=C1NC(CN2CC(OCc3ccc(F)cc3)C2)=NN2C1=CNC2C1CCOCC1. The topological polar surface area (TPSA) is 78.4 Å². The van der Waals surface area contributed by atoms with Crippen molar-refractivity contribution in [1.82, 2.24) is 20.5 Å². The maximum Gasteiger partial charge on any atom is 0.276 e. The molecule has 0 radical (unpaired) electrons. The number of amidine groups is 1. The standard InChI is InChI=1S/C21H26FN5O3/c22-16-3-1-14(2-4-16)13-30-17-10-26(11-17)12-19-24-21(28)18-9-23-20(27(18)25-19)15-5-7-29-8-6-15/h1-4,9,15,17,20,23H,5-8,10-13H2,(H,24,25,28). The lowest BCUT2D eigenvalue weighted by molar-refractivity contribution is -0.118. The van der Waals surface area contributed by atoms with Gasteiger partial charge in [0.1, 0.15) is 23.5 Å². The molecule has 0 saturated carbocycles. The molecule has 160 valence electrons. The van der Waals surface area contributed by atoms with Crippen molar-refractivity contribution in [3.63, 3.8) is 0 Å². The van der Waals surface area contributed by atoms with Crippen molar-refractivity contribution in [2.75, 3.05) is 32.8 Å². The molecule has 0 bridgehead atoms. The molecule has 2 saturated heterocycles. The second-order valence-corrected chi connectivity index (χ2v) is 8.19. The number of carbonyl (C=O) groups excluding carboxylic acids is 1. The van der Waals surface area contributed by atoms with E-state index in [0.29, 0.717) is 30.6 Å². The number of nitrogens with one attached hydrogen (secondary N) is 2. The fourth-order valence-corrected chi connectivity index (χ4v) is 4.29. The Kier molecular flexibility index (Phi) is 5.41. The molecule has 4 aliphatic heterocycles. The van der Waals surface area contributed by atoms with E-state index in [-0.39, 0.29) is 24.0 Å². The Bertz CT molecular complexity index is 847. The highest BCUT2D eigenvalue weighted by Gasteiger charge is 2.40. The number of fused-ring (bicyclic) bond motifs is 1. The van der Waals surface area contributed by atoms with Crippen LogP contribution in [0.2, 0.25) is 0 Å². The molecule has 30 heavy (non-hydrogen) atoms. The average molecular weight is 415 g/mol. The first kappa shape index (κ1) is 19.5. The third-order valence-electron chi connectivity index (χ3n) is 6.03. The Balaban J connectivity index is 1.13. The quantitative estimate of drug-likeness (QED) is 0.721. The number of benzene rings is 1. The highest BCUT2D eigenvalue weighted by molar-refractivity contribution is 6.08. The number of halogens is 1. The van der Waals surface area contributed by atoms with Gasteiger partial charge in [-0.3, -0.25) is 9.69 Å². The van der Waals surface area contributed by atoms with Crippen LogP contribution in [0.5, 0.6) is 0 Å². The zero-order valence-corrected chi connectivity index (χ0v) is 16.7. The number of hydrogen-bond donors (Lipinski definition) is 2. The molecule has 0 aliphatic carbocycles.